The fourth-order valence-electron chi connectivity index (χ4n) is 2.13. The van der Waals surface area contributed by atoms with E-state index in [1.54, 1.807) is 0 Å². The van der Waals surface area contributed by atoms with Crippen LogP contribution in [-0.2, 0) is 4.79 Å². The highest BCUT2D eigenvalue weighted by Gasteiger charge is 2.10. The predicted molar refractivity (Wildman–Crippen MR) is 80.9 cm³/mol. The van der Waals surface area contributed by atoms with Gasteiger partial charge in [-0.2, -0.15) is 0 Å². The van der Waals surface area contributed by atoms with Gasteiger partial charge in [-0.15, -0.1) is 0 Å². The number of unbranched alkanes of at least 4 members (excludes halogenated alkanes) is 3. The summed E-state index contributed by atoms with van der Waals surface area (Å²) in [6.07, 6.45) is 3.91. The number of hydrogen-bond donors (Lipinski definition) is 3. The van der Waals surface area contributed by atoms with E-state index in [0.717, 1.165) is 37.9 Å². The molecule has 0 fully saturated rings. The van der Waals surface area contributed by atoms with Crippen LogP contribution in [0, 0.1) is 0 Å². The first kappa shape index (κ1) is 16.3. The normalized spacial score (nSPS) is 10.4. The molecule has 1 aromatic carbocycles. The van der Waals surface area contributed by atoms with E-state index in [4.69, 9.17) is 15.9 Å². The third-order valence-corrected chi connectivity index (χ3v) is 3.21. The number of nitrogens with zero attached hydrogens (tertiary/aromatic N) is 1. The number of nitrogens with two attached hydrogens (primary N) is 1. The lowest BCUT2D eigenvalue weighted by atomic mass is 10.1. The number of aliphatic hydroxyl groups excluding tert-OH is 1. The van der Waals surface area contributed by atoms with Crippen LogP contribution in [0.1, 0.15) is 32.1 Å². The zero-order chi connectivity index (χ0) is 14.8. The highest BCUT2D eigenvalue weighted by molar-refractivity contribution is 5.70. The molecule has 0 aliphatic carbocycles. The summed E-state index contributed by atoms with van der Waals surface area (Å²) in [6.45, 7) is 1.48. The Labute approximate surface area is 120 Å². The van der Waals surface area contributed by atoms with E-state index < -0.39 is 5.97 Å². The van der Waals surface area contributed by atoms with Crippen LogP contribution in [0.2, 0.25) is 0 Å². The number of aliphatic hydroxyl groups is 1. The first-order valence-electron chi connectivity index (χ1n) is 7.07. The van der Waals surface area contributed by atoms with Gasteiger partial charge in [-0.05, 0) is 25.0 Å². The average Bonchev–Trinajstić information content (AvgIpc) is 2.43. The molecule has 0 aromatic heterocycles. The second kappa shape index (κ2) is 9.20. The van der Waals surface area contributed by atoms with Crippen LogP contribution in [0.4, 0.5) is 11.4 Å². The molecule has 4 N–H and O–H groups in total. The van der Waals surface area contributed by atoms with E-state index in [0.29, 0.717) is 12.2 Å². The fraction of sp³-hybridized carbons (Fsp3) is 0.533. The molecule has 0 amide bonds. The lowest BCUT2D eigenvalue weighted by Gasteiger charge is -2.25. The molecule has 5 heteroatoms. The fourth-order valence-corrected chi connectivity index (χ4v) is 2.13. The standard InChI is InChI=1S/C15H24N2O3/c16-13-7-3-4-8-14(13)17(11-9-15(19)20)10-5-1-2-6-12-18/h3-4,7-8,18H,1-2,5-6,9-12,16H2,(H,19,20). The SMILES string of the molecule is Nc1ccccc1N(CCCCCCO)CCC(=O)O. The summed E-state index contributed by atoms with van der Waals surface area (Å²) in [4.78, 5) is 12.8. The molecule has 0 atom stereocenters. The molecule has 0 radical (unpaired) electrons. The van der Waals surface area contributed by atoms with Gasteiger partial charge in [0.25, 0.3) is 0 Å². The zero-order valence-electron chi connectivity index (χ0n) is 11.8. The maximum absolute atomic E-state index is 10.7. The number of nitrogen functional groups attached to an aromatic ring is 1. The van der Waals surface area contributed by atoms with Gasteiger partial charge in [0, 0.05) is 19.7 Å². The smallest absolute Gasteiger partial charge is 0.305 e. The van der Waals surface area contributed by atoms with Gasteiger partial charge in [0.2, 0.25) is 0 Å². The van der Waals surface area contributed by atoms with E-state index in [1.807, 2.05) is 29.2 Å². The Morgan fingerprint density at radius 2 is 1.80 bits per heavy atom. The minimum Gasteiger partial charge on any atom is -0.481 e. The number of aliphatic carboxylic acids is 1. The Balaban J connectivity index is 2.56. The van der Waals surface area contributed by atoms with Gasteiger partial charge in [0.15, 0.2) is 0 Å². The number of rotatable bonds is 10. The first-order valence-corrected chi connectivity index (χ1v) is 7.07. The molecule has 0 saturated heterocycles. The van der Waals surface area contributed by atoms with Gasteiger partial charge in [-0.25, -0.2) is 0 Å². The van der Waals surface area contributed by atoms with Crippen molar-refractivity contribution in [3.63, 3.8) is 0 Å². The van der Waals surface area contributed by atoms with Gasteiger partial charge in [-0.1, -0.05) is 25.0 Å². The molecular formula is C15H24N2O3. The monoisotopic (exact) mass is 280 g/mol. The van der Waals surface area contributed by atoms with Crippen LogP contribution < -0.4 is 10.6 Å². The number of hydrogen-bond acceptors (Lipinski definition) is 4. The van der Waals surface area contributed by atoms with Crippen LogP contribution in [-0.4, -0.2) is 35.9 Å². The van der Waals surface area contributed by atoms with Crippen LogP contribution in [0.5, 0.6) is 0 Å². The highest BCUT2D eigenvalue weighted by atomic mass is 16.4. The third kappa shape index (κ3) is 5.93. The van der Waals surface area contributed by atoms with Crippen molar-refractivity contribution in [1.29, 1.82) is 0 Å². The largest absolute Gasteiger partial charge is 0.481 e. The maximum atomic E-state index is 10.7. The van der Waals surface area contributed by atoms with E-state index in [-0.39, 0.29) is 13.0 Å². The van der Waals surface area contributed by atoms with Crippen molar-refractivity contribution in [1.82, 2.24) is 0 Å². The highest BCUT2D eigenvalue weighted by Crippen LogP contribution is 2.23. The lowest BCUT2D eigenvalue weighted by molar-refractivity contribution is -0.136. The number of benzene rings is 1. The summed E-state index contributed by atoms with van der Waals surface area (Å²) in [7, 11) is 0. The molecule has 1 rings (SSSR count). The van der Waals surface area contributed by atoms with Gasteiger partial charge in [0.05, 0.1) is 17.8 Å². The van der Waals surface area contributed by atoms with Gasteiger partial charge in [0.1, 0.15) is 0 Å². The molecule has 0 bridgehead atoms. The molecule has 0 aliphatic heterocycles. The molecule has 0 unspecified atom stereocenters. The molecule has 0 saturated carbocycles. The minimum absolute atomic E-state index is 0.102. The van der Waals surface area contributed by atoms with E-state index >= 15 is 0 Å². The molecule has 1 aromatic rings. The van der Waals surface area contributed by atoms with E-state index in [9.17, 15) is 4.79 Å². The number of carbonyl (C=O) groups is 1. The first-order chi connectivity index (χ1) is 9.65. The van der Waals surface area contributed by atoms with Gasteiger partial charge in [-0.3, -0.25) is 4.79 Å². The summed E-state index contributed by atoms with van der Waals surface area (Å²) in [5.74, 6) is -0.801. The second-order valence-electron chi connectivity index (χ2n) is 4.83. The molecule has 0 aliphatic rings. The lowest BCUT2D eigenvalue weighted by Crippen LogP contribution is -2.28. The summed E-state index contributed by atoms with van der Waals surface area (Å²) >= 11 is 0. The Morgan fingerprint density at radius 3 is 2.45 bits per heavy atom. The quantitative estimate of drug-likeness (QED) is 0.451. The van der Waals surface area contributed by atoms with Crippen molar-refractivity contribution < 1.29 is 15.0 Å². The topological polar surface area (TPSA) is 86.8 Å². The number of carboxylic acid groups (broad SMARTS) is 1. The Bertz CT molecular complexity index is 410. The summed E-state index contributed by atoms with van der Waals surface area (Å²) in [5, 5.41) is 17.6. The number of carboxylic acids is 1. The minimum atomic E-state index is -0.801. The van der Waals surface area contributed by atoms with Crippen molar-refractivity contribution in [2.75, 3.05) is 30.3 Å². The van der Waals surface area contributed by atoms with Crippen LogP contribution in [0.15, 0.2) is 24.3 Å². The van der Waals surface area contributed by atoms with E-state index in [1.165, 1.54) is 0 Å². The molecule has 112 valence electrons. The van der Waals surface area contributed by atoms with Crippen molar-refractivity contribution in [2.24, 2.45) is 0 Å². The summed E-state index contributed by atoms with van der Waals surface area (Å²) < 4.78 is 0. The Hall–Kier alpha value is -1.75. The number of anilines is 2. The summed E-state index contributed by atoms with van der Waals surface area (Å²) in [5.41, 5.74) is 7.53. The Morgan fingerprint density at radius 1 is 1.10 bits per heavy atom. The molecule has 20 heavy (non-hydrogen) atoms. The van der Waals surface area contributed by atoms with Crippen molar-refractivity contribution in [3.8, 4) is 0 Å². The van der Waals surface area contributed by atoms with Crippen LogP contribution >= 0.6 is 0 Å². The Kier molecular flexibility index (Phi) is 7.50. The van der Waals surface area contributed by atoms with Crippen LogP contribution in [0.3, 0.4) is 0 Å². The van der Waals surface area contributed by atoms with Crippen molar-refractivity contribution in [3.05, 3.63) is 24.3 Å². The summed E-state index contributed by atoms with van der Waals surface area (Å²) in [6, 6.07) is 7.53. The van der Waals surface area contributed by atoms with Gasteiger partial charge >= 0.3 is 5.97 Å². The zero-order valence-corrected chi connectivity index (χ0v) is 11.8. The number of para-hydroxylation sites is 2. The molecular weight excluding hydrogens is 256 g/mol. The van der Waals surface area contributed by atoms with Crippen LogP contribution in [0.25, 0.3) is 0 Å². The van der Waals surface area contributed by atoms with Crippen molar-refractivity contribution in [2.45, 2.75) is 32.1 Å². The molecule has 5 nitrogen and oxygen atoms in total. The molecule has 0 heterocycles. The maximum Gasteiger partial charge on any atom is 0.305 e. The van der Waals surface area contributed by atoms with E-state index in [2.05, 4.69) is 0 Å². The average molecular weight is 280 g/mol. The second-order valence-corrected chi connectivity index (χ2v) is 4.83. The van der Waals surface area contributed by atoms with Crippen molar-refractivity contribution >= 4 is 17.3 Å². The van der Waals surface area contributed by atoms with Gasteiger partial charge < -0.3 is 20.8 Å². The molecule has 0 spiro atoms. The predicted octanol–water partition coefficient (Wildman–Crippen LogP) is 2.10. The third-order valence-electron chi connectivity index (χ3n) is 3.21.